The van der Waals surface area contributed by atoms with Crippen LogP contribution in [0.4, 0.5) is 5.82 Å². The van der Waals surface area contributed by atoms with Crippen LogP contribution in [0.3, 0.4) is 0 Å². The highest BCUT2D eigenvalue weighted by molar-refractivity contribution is 6.30. The van der Waals surface area contributed by atoms with Gasteiger partial charge in [-0.3, -0.25) is 0 Å². The first-order chi connectivity index (χ1) is 10.7. The van der Waals surface area contributed by atoms with Crippen molar-refractivity contribution in [3.05, 3.63) is 76.4 Å². The molecule has 3 rings (SSSR count). The fraction of sp³-hybridized carbons (Fsp3) is 0.0588. The van der Waals surface area contributed by atoms with Gasteiger partial charge in [0.05, 0.1) is 0 Å². The number of aromatic nitrogens is 2. The normalized spacial score (nSPS) is 10.5. The summed E-state index contributed by atoms with van der Waals surface area (Å²) in [4.78, 5) is 8.77. The molecule has 0 saturated heterocycles. The van der Waals surface area contributed by atoms with E-state index in [-0.39, 0.29) is 0 Å². The van der Waals surface area contributed by atoms with Crippen molar-refractivity contribution in [2.24, 2.45) is 0 Å². The fourth-order valence-electron chi connectivity index (χ4n) is 2.02. The van der Waals surface area contributed by atoms with E-state index in [1.54, 1.807) is 6.07 Å². The summed E-state index contributed by atoms with van der Waals surface area (Å²) in [7, 11) is 0. The quantitative estimate of drug-likeness (QED) is 0.679. The molecule has 3 aromatic rings. The van der Waals surface area contributed by atoms with E-state index in [4.69, 9.17) is 23.2 Å². The minimum absolute atomic E-state index is 0.410. The van der Waals surface area contributed by atoms with Crippen molar-refractivity contribution in [1.29, 1.82) is 0 Å². The van der Waals surface area contributed by atoms with Crippen LogP contribution in [0.5, 0.6) is 0 Å². The molecule has 0 aliphatic carbocycles. The molecule has 1 aromatic heterocycles. The average molecular weight is 330 g/mol. The number of benzene rings is 2. The summed E-state index contributed by atoms with van der Waals surface area (Å²) in [5, 5.41) is 4.38. The molecular weight excluding hydrogens is 317 g/mol. The van der Waals surface area contributed by atoms with Crippen molar-refractivity contribution in [3.63, 3.8) is 0 Å². The van der Waals surface area contributed by atoms with Crippen LogP contribution in [0.1, 0.15) is 5.56 Å². The van der Waals surface area contributed by atoms with Gasteiger partial charge in [-0.2, -0.15) is 0 Å². The highest BCUT2D eigenvalue weighted by atomic mass is 35.5. The van der Waals surface area contributed by atoms with Gasteiger partial charge in [0.15, 0.2) is 5.82 Å². The molecule has 0 aliphatic heterocycles. The largest absolute Gasteiger partial charge is 0.366 e. The van der Waals surface area contributed by atoms with Crippen LogP contribution in [-0.2, 0) is 6.54 Å². The van der Waals surface area contributed by atoms with Crippen molar-refractivity contribution in [3.8, 4) is 11.4 Å². The molecule has 0 radical (unpaired) electrons. The molecule has 22 heavy (non-hydrogen) atoms. The molecule has 2 aromatic carbocycles. The van der Waals surface area contributed by atoms with Crippen LogP contribution < -0.4 is 5.32 Å². The Morgan fingerprint density at radius 2 is 1.59 bits per heavy atom. The number of nitrogens with zero attached hydrogens (tertiary/aromatic N) is 2. The Morgan fingerprint density at radius 3 is 2.32 bits per heavy atom. The second-order valence-corrected chi connectivity index (χ2v) is 5.57. The molecule has 110 valence electrons. The zero-order valence-corrected chi connectivity index (χ0v) is 13.1. The van der Waals surface area contributed by atoms with E-state index in [9.17, 15) is 0 Å². The van der Waals surface area contributed by atoms with Crippen molar-refractivity contribution < 1.29 is 0 Å². The van der Waals surface area contributed by atoms with E-state index in [0.717, 1.165) is 16.1 Å². The predicted molar refractivity (Wildman–Crippen MR) is 91.3 cm³/mol. The first kappa shape index (κ1) is 14.8. The number of hydrogen-bond donors (Lipinski definition) is 1. The number of rotatable bonds is 4. The topological polar surface area (TPSA) is 37.8 Å². The molecule has 0 amide bonds. The number of nitrogens with one attached hydrogen (secondary N) is 1. The van der Waals surface area contributed by atoms with Crippen LogP contribution in [0.25, 0.3) is 11.4 Å². The molecule has 1 heterocycles. The van der Waals surface area contributed by atoms with Gasteiger partial charge >= 0.3 is 0 Å². The summed E-state index contributed by atoms with van der Waals surface area (Å²) >= 11 is 12.0. The average Bonchev–Trinajstić information content (AvgIpc) is 2.55. The third kappa shape index (κ3) is 3.75. The Hall–Kier alpha value is -2.10. The van der Waals surface area contributed by atoms with Crippen molar-refractivity contribution in [2.45, 2.75) is 6.54 Å². The molecule has 5 heteroatoms. The Bertz CT molecular complexity index is 759. The molecule has 1 N–H and O–H groups in total. The third-order valence-electron chi connectivity index (χ3n) is 3.11. The summed E-state index contributed by atoms with van der Waals surface area (Å²) in [5.74, 6) is 1.29. The molecule has 0 atom stereocenters. The lowest BCUT2D eigenvalue weighted by atomic mass is 10.2. The van der Waals surface area contributed by atoms with E-state index in [1.165, 1.54) is 0 Å². The molecule has 0 unspecified atom stereocenters. The number of hydrogen-bond acceptors (Lipinski definition) is 3. The van der Waals surface area contributed by atoms with Crippen LogP contribution in [0.15, 0.2) is 60.7 Å². The molecule has 0 bridgehead atoms. The van der Waals surface area contributed by atoms with E-state index in [2.05, 4.69) is 15.3 Å². The summed E-state index contributed by atoms with van der Waals surface area (Å²) in [6, 6.07) is 19.1. The molecule has 0 aliphatic rings. The van der Waals surface area contributed by atoms with E-state index < -0.39 is 0 Å². The Morgan fingerprint density at radius 1 is 0.864 bits per heavy atom. The molecule has 0 spiro atoms. The highest BCUT2D eigenvalue weighted by Crippen LogP contribution is 2.20. The standard InChI is InChI=1S/C17H13Cl2N3/c18-14-8-6-12(7-9-14)11-20-16-10-15(19)21-17(22-16)13-4-2-1-3-5-13/h1-10H,11H2,(H,20,21,22). The molecular formula is C17H13Cl2N3. The zero-order chi connectivity index (χ0) is 15.4. The second-order valence-electron chi connectivity index (χ2n) is 4.75. The summed E-state index contributed by atoms with van der Waals surface area (Å²) in [5.41, 5.74) is 2.04. The van der Waals surface area contributed by atoms with Gasteiger partial charge in [-0.1, -0.05) is 65.7 Å². The highest BCUT2D eigenvalue weighted by Gasteiger charge is 2.05. The summed E-state index contributed by atoms with van der Waals surface area (Å²) in [6.07, 6.45) is 0. The van der Waals surface area contributed by atoms with Crippen molar-refractivity contribution >= 4 is 29.0 Å². The van der Waals surface area contributed by atoms with Gasteiger partial charge in [0.25, 0.3) is 0 Å². The maximum Gasteiger partial charge on any atom is 0.163 e. The van der Waals surface area contributed by atoms with Gasteiger partial charge in [0.1, 0.15) is 11.0 Å². The zero-order valence-electron chi connectivity index (χ0n) is 11.6. The first-order valence-electron chi connectivity index (χ1n) is 6.79. The maximum absolute atomic E-state index is 6.09. The second kappa shape index (κ2) is 6.77. The number of anilines is 1. The summed E-state index contributed by atoms with van der Waals surface area (Å²) in [6.45, 7) is 0.638. The fourth-order valence-corrected chi connectivity index (χ4v) is 2.33. The Labute approximate surface area is 139 Å². The number of halogens is 2. The third-order valence-corrected chi connectivity index (χ3v) is 3.56. The lowest BCUT2D eigenvalue weighted by molar-refractivity contribution is 1.09. The first-order valence-corrected chi connectivity index (χ1v) is 7.54. The van der Waals surface area contributed by atoms with Crippen molar-refractivity contribution in [1.82, 2.24) is 9.97 Å². The molecule has 0 saturated carbocycles. The van der Waals surface area contributed by atoms with Crippen molar-refractivity contribution in [2.75, 3.05) is 5.32 Å². The van der Waals surface area contributed by atoms with Gasteiger partial charge in [-0.25, -0.2) is 9.97 Å². The van der Waals surface area contributed by atoms with Crippen LogP contribution >= 0.6 is 23.2 Å². The lowest BCUT2D eigenvalue weighted by Gasteiger charge is -2.08. The summed E-state index contributed by atoms with van der Waals surface area (Å²) < 4.78 is 0. The van der Waals surface area contributed by atoms with Gasteiger partial charge in [0, 0.05) is 23.2 Å². The van der Waals surface area contributed by atoms with E-state index in [0.29, 0.717) is 23.3 Å². The Kier molecular flexibility index (Phi) is 4.56. The smallest absolute Gasteiger partial charge is 0.163 e. The van der Waals surface area contributed by atoms with Crippen LogP contribution in [0, 0.1) is 0 Å². The van der Waals surface area contributed by atoms with E-state index in [1.807, 2.05) is 54.6 Å². The molecule has 0 fully saturated rings. The van der Waals surface area contributed by atoms with Crippen LogP contribution in [0.2, 0.25) is 10.2 Å². The minimum atomic E-state index is 0.410. The van der Waals surface area contributed by atoms with Gasteiger partial charge in [-0.05, 0) is 17.7 Å². The minimum Gasteiger partial charge on any atom is -0.366 e. The molecule has 3 nitrogen and oxygen atoms in total. The van der Waals surface area contributed by atoms with Crippen LogP contribution in [-0.4, -0.2) is 9.97 Å². The van der Waals surface area contributed by atoms with Gasteiger partial charge in [-0.15, -0.1) is 0 Å². The van der Waals surface area contributed by atoms with E-state index >= 15 is 0 Å². The maximum atomic E-state index is 6.09. The monoisotopic (exact) mass is 329 g/mol. The predicted octanol–water partition coefficient (Wildman–Crippen LogP) is 5.06. The Balaban J connectivity index is 1.79. The van der Waals surface area contributed by atoms with Gasteiger partial charge < -0.3 is 5.32 Å². The SMILES string of the molecule is Clc1ccc(CNc2cc(Cl)nc(-c3ccccc3)n2)cc1. The lowest BCUT2D eigenvalue weighted by Crippen LogP contribution is -2.03. The van der Waals surface area contributed by atoms with Gasteiger partial charge in [0.2, 0.25) is 0 Å².